The molecule has 1 aliphatic carbocycles. The first-order valence-electron chi connectivity index (χ1n) is 7.57. The second-order valence-corrected chi connectivity index (χ2v) is 6.85. The van der Waals surface area contributed by atoms with Gasteiger partial charge in [0.2, 0.25) is 0 Å². The molecule has 2 heterocycles. The van der Waals surface area contributed by atoms with Crippen LogP contribution in [0.25, 0.3) is 10.2 Å². The number of aryl methyl sites for hydroxylation is 2. The lowest BCUT2D eigenvalue weighted by Crippen LogP contribution is -2.22. The largest absolute Gasteiger partial charge is 0.294 e. The Morgan fingerprint density at radius 2 is 1.91 bits per heavy atom. The normalized spacial score (nSPS) is 14.2. The smallest absolute Gasteiger partial charge is 0.262 e. The van der Waals surface area contributed by atoms with Crippen molar-refractivity contribution in [1.82, 2.24) is 9.55 Å². The minimum absolute atomic E-state index is 0.111. The molecule has 2 aromatic heterocycles. The van der Waals surface area contributed by atoms with Gasteiger partial charge in [0.15, 0.2) is 0 Å². The van der Waals surface area contributed by atoms with Crippen LogP contribution in [0.3, 0.4) is 0 Å². The summed E-state index contributed by atoms with van der Waals surface area (Å²) in [6, 6.07) is 3.71. The molecule has 0 saturated heterocycles. The van der Waals surface area contributed by atoms with Gasteiger partial charge in [0.25, 0.3) is 5.56 Å². The van der Waals surface area contributed by atoms with Crippen molar-refractivity contribution in [2.45, 2.75) is 32.2 Å². The summed E-state index contributed by atoms with van der Waals surface area (Å²) in [5.74, 6) is -1.30. The Hall–Kier alpha value is -2.08. The molecule has 0 aliphatic heterocycles. The standard InChI is InChI=1S/C17H14F2N2OS/c18-12-5-3-6-13(19)11(12)8-21-9-20-16-15(17(21)22)10-4-1-2-7-14(10)23-16/h3,5-6,9H,1-2,4,7-8H2. The summed E-state index contributed by atoms with van der Waals surface area (Å²) in [4.78, 5) is 19.1. The van der Waals surface area contributed by atoms with Crippen LogP contribution in [0.5, 0.6) is 0 Å². The number of benzene rings is 1. The van der Waals surface area contributed by atoms with Gasteiger partial charge in [0.05, 0.1) is 18.3 Å². The molecule has 23 heavy (non-hydrogen) atoms. The van der Waals surface area contributed by atoms with Crippen LogP contribution < -0.4 is 5.56 Å². The predicted octanol–water partition coefficient (Wildman–Crippen LogP) is 3.66. The SMILES string of the molecule is O=c1c2c3c(sc2ncn1Cc1c(F)cccc1F)CCCC3. The Balaban J connectivity index is 1.85. The minimum atomic E-state index is -0.649. The first kappa shape index (κ1) is 14.5. The van der Waals surface area contributed by atoms with Gasteiger partial charge >= 0.3 is 0 Å². The molecule has 3 aromatic rings. The highest BCUT2D eigenvalue weighted by Crippen LogP contribution is 2.33. The third-order valence-corrected chi connectivity index (χ3v) is 5.53. The van der Waals surface area contributed by atoms with Gasteiger partial charge in [-0.1, -0.05) is 6.07 Å². The molecule has 0 amide bonds. The number of nitrogens with zero attached hydrogens (tertiary/aromatic N) is 2. The fraction of sp³-hybridized carbons (Fsp3) is 0.294. The summed E-state index contributed by atoms with van der Waals surface area (Å²) >= 11 is 1.56. The third-order valence-electron chi connectivity index (χ3n) is 4.33. The van der Waals surface area contributed by atoms with Gasteiger partial charge in [0.1, 0.15) is 16.5 Å². The molecule has 0 N–H and O–H groups in total. The van der Waals surface area contributed by atoms with E-state index >= 15 is 0 Å². The van der Waals surface area contributed by atoms with E-state index in [4.69, 9.17) is 0 Å². The highest BCUT2D eigenvalue weighted by atomic mass is 32.1. The Bertz CT molecular complexity index is 941. The Labute approximate surface area is 135 Å². The van der Waals surface area contributed by atoms with Gasteiger partial charge in [-0.25, -0.2) is 13.8 Å². The number of thiophene rings is 1. The van der Waals surface area contributed by atoms with Crippen LogP contribution in [0.15, 0.2) is 29.3 Å². The van der Waals surface area contributed by atoms with Crippen LogP contribution >= 0.6 is 11.3 Å². The summed E-state index contributed by atoms with van der Waals surface area (Å²) in [6.45, 7) is -0.148. The first-order valence-corrected chi connectivity index (χ1v) is 8.39. The third kappa shape index (κ3) is 2.37. The van der Waals surface area contributed by atoms with Gasteiger partial charge < -0.3 is 0 Å². The van der Waals surface area contributed by atoms with Gasteiger partial charge in [-0.2, -0.15) is 0 Å². The lowest BCUT2D eigenvalue weighted by molar-refractivity contribution is 0.541. The molecule has 0 atom stereocenters. The van der Waals surface area contributed by atoms with Gasteiger partial charge in [-0.05, 0) is 43.4 Å². The molecule has 3 nitrogen and oxygen atoms in total. The maximum atomic E-state index is 13.8. The molecule has 0 radical (unpaired) electrons. The summed E-state index contributed by atoms with van der Waals surface area (Å²) in [6.07, 6.45) is 5.45. The molecule has 118 valence electrons. The van der Waals surface area contributed by atoms with Gasteiger partial charge in [-0.15, -0.1) is 11.3 Å². The molecule has 0 bridgehead atoms. The predicted molar refractivity (Wildman–Crippen MR) is 86.0 cm³/mol. The molecule has 0 spiro atoms. The van der Waals surface area contributed by atoms with Crippen molar-refractivity contribution in [1.29, 1.82) is 0 Å². The van der Waals surface area contributed by atoms with E-state index in [9.17, 15) is 13.6 Å². The van der Waals surface area contributed by atoms with Crippen molar-refractivity contribution in [2.75, 3.05) is 0 Å². The van der Waals surface area contributed by atoms with E-state index in [1.165, 1.54) is 34.0 Å². The van der Waals surface area contributed by atoms with Crippen LogP contribution in [0.2, 0.25) is 0 Å². The fourth-order valence-corrected chi connectivity index (χ4v) is 4.37. The Morgan fingerprint density at radius 3 is 2.70 bits per heavy atom. The quantitative estimate of drug-likeness (QED) is 0.718. The maximum absolute atomic E-state index is 13.8. The summed E-state index contributed by atoms with van der Waals surface area (Å²) in [5.41, 5.74) is 0.758. The fourth-order valence-electron chi connectivity index (χ4n) is 3.15. The molecular formula is C17H14F2N2OS. The monoisotopic (exact) mass is 332 g/mol. The summed E-state index contributed by atoms with van der Waals surface area (Å²) in [5, 5.41) is 0.629. The van der Waals surface area contributed by atoms with Crippen molar-refractivity contribution in [2.24, 2.45) is 0 Å². The summed E-state index contributed by atoms with van der Waals surface area (Å²) < 4.78 is 28.9. The molecule has 0 saturated carbocycles. The molecule has 1 aromatic carbocycles. The summed E-state index contributed by atoms with van der Waals surface area (Å²) in [7, 11) is 0. The Kier molecular flexibility index (Phi) is 3.49. The number of hydrogen-bond donors (Lipinski definition) is 0. The molecule has 4 rings (SSSR count). The zero-order chi connectivity index (χ0) is 16.0. The van der Waals surface area contributed by atoms with Gasteiger partial charge in [-0.3, -0.25) is 9.36 Å². The van der Waals surface area contributed by atoms with E-state index in [1.807, 2.05) is 0 Å². The van der Waals surface area contributed by atoms with Crippen LogP contribution in [0.1, 0.15) is 28.8 Å². The highest BCUT2D eigenvalue weighted by molar-refractivity contribution is 7.18. The van der Waals surface area contributed by atoms with E-state index in [1.54, 1.807) is 11.3 Å². The molecule has 0 fully saturated rings. The average molecular weight is 332 g/mol. The Morgan fingerprint density at radius 1 is 1.17 bits per heavy atom. The van der Waals surface area contributed by atoms with E-state index in [0.29, 0.717) is 5.39 Å². The number of fused-ring (bicyclic) bond motifs is 3. The lowest BCUT2D eigenvalue weighted by Gasteiger charge is -2.11. The van der Waals surface area contributed by atoms with Crippen LogP contribution in [-0.2, 0) is 19.4 Å². The van der Waals surface area contributed by atoms with Crippen molar-refractivity contribution in [3.8, 4) is 0 Å². The van der Waals surface area contributed by atoms with Crippen molar-refractivity contribution in [3.05, 3.63) is 62.5 Å². The van der Waals surface area contributed by atoms with E-state index in [0.717, 1.165) is 36.1 Å². The first-order chi connectivity index (χ1) is 11.1. The lowest BCUT2D eigenvalue weighted by atomic mass is 9.97. The number of hydrogen-bond acceptors (Lipinski definition) is 3. The van der Waals surface area contributed by atoms with Crippen molar-refractivity contribution < 1.29 is 8.78 Å². The average Bonchev–Trinajstić information content (AvgIpc) is 2.92. The zero-order valence-electron chi connectivity index (χ0n) is 12.3. The highest BCUT2D eigenvalue weighted by Gasteiger charge is 2.20. The number of aromatic nitrogens is 2. The number of halogens is 2. The van der Waals surface area contributed by atoms with Gasteiger partial charge in [0, 0.05) is 10.4 Å². The second-order valence-electron chi connectivity index (χ2n) is 5.77. The van der Waals surface area contributed by atoms with Crippen LogP contribution in [-0.4, -0.2) is 9.55 Å². The van der Waals surface area contributed by atoms with Crippen molar-refractivity contribution >= 4 is 21.6 Å². The molecule has 1 aliphatic rings. The topological polar surface area (TPSA) is 34.9 Å². The van der Waals surface area contributed by atoms with Crippen LogP contribution in [0, 0.1) is 11.6 Å². The minimum Gasteiger partial charge on any atom is -0.294 e. The van der Waals surface area contributed by atoms with Crippen molar-refractivity contribution in [3.63, 3.8) is 0 Å². The zero-order valence-corrected chi connectivity index (χ0v) is 13.1. The van der Waals surface area contributed by atoms with E-state index in [2.05, 4.69) is 4.98 Å². The maximum Gasteiger partial charge on any atom is 0.262 e. The number of rotatable bonds is 2. The van der Waals surface area contributed by atoms with E-state index in [-0.39, 0.29) is 17.7 Å². The molecule has 0 unspecified atom stereocenters. The molecular weight excluding hydrogens is 318 g/mol. The molecule has 6 heteroatoms. The van der Waals surface area contributed by atoms with E-state index < -0.39 is 11.6 Å². The van der Waals surface area contributed by atoms with Crippen LogP contribution in [0.4, 0.5) is 8.78 Å². The second kappa shape index (κ2) is 5.53.